The van der Waals surface area contributed by atoms with Crippen molar-refractivity contribution < 1.29 is 0 Å². The third-order valence-corrected chi connectivity index (χ3v) is 15.1. The Morgan fingerprint density at radius 2 is 1.44 bits per heavy atom. The maximum atomic E-state index is 2.40. The van der Waals surface area contributed by atoms with Crippen molar-refractivity contribution >= 4 is 70.6 Å². The maximum absolute atomic E-state index is 2.40. The van der Waals surface area contributed by atoms with E-state index in [1.807, 2.05) is 0 Å². The summed E-state index contributed by atoms with van der Waals surface area (Å²) in [5, 5.41) is 1.68. The van der Waals surface area contributed by atoms with Crippen molar-refractivity contribution in [1.82, 2.24) is 0 Å². The average molecular weight is 329 g/mol. The van der Waals surface area contributed by atoms with Gasteiger partial charge in [0.2, 0.25) is 0 Å². The van der Waals surface area contributed by atoms with Gasteiger partial charge in [0.15, 0.2) is 0 Å². The molecule has 4 saturated heterocycles. The third kappa shape index (κ3) is 2.53. The molecule has 0 aromatic rings. The molecule has 0 radical (unpaired) electrons. The van der Waals surface area contributed by atoms with Crippen LogP contribution >= 0.6 is 70.6 Å². The Balaban J connectivity index is 1.82. The molecule has 2 bridgehead atoms. The lowest BCUT2D eigenvalue weighted by atomic mass is 10.6. The lowest BCUT2D eigenvalue weighted by Gasteiger charge is -2.50. The molecule has 0 amide bonds. The van der Waals surface area contributed by atoms with Gasteiger partial charge in [-0.05, 0) is 0 Å². The van der Waals surface area contributed by atoms with Crippen LogP contribution in [0.1, 0.15) is 13.8 Å². The van der Waals surface area contributed by atoms with Gasteiger partial charge in [0.25, 0.3) is 0 Å². The van der Waals surface area contributed by atoms with Crippen LogP contribution in [0.4, 0.5) is 0 Å². The van der Waals surface area contributed by atoms with E-state index in [2.05, 4.69) is 84.4 Å². The molecule has 0 aromatic heterocycles. The Morgan fingerprint density at radius 1 is 0.812 bits per heavy atom. The second kappa shape index (κ2) is 5.23. The zero-order chi connectivity index (χ0) is 11.2. The Hall–Kier alpha value is 2.10. The first-order valence-corrected chi connectivity index (χ1v) is 11.3. The van der Waals surface area contributed by atoms with E-state index in [1.54, 1.807) is 0 Å². The zero-order valence-corrected chi connectivity index (χ0v) is 14.3. The van der Waals surface area contributed by atoms with Crippen LogP contribution in [0.5, 0.6) is 0 Å². The molecule has 0 N–H and O–H groups in total. The predicted octanol–water partition coefficient (Wildman–Crippen LogP) is 4.51. The summed E-state index contributed by atoms with van der Waals surface area (Å²) < 4.78 is 2.14. The molecule has 4 fully saturated rings. The molecule has 0 saturated carbocycles. The van der Waals surface area contributed by atoms with Gasteiger partial charge in [0.1, 0.15) is 3.41 Å². The van der Waals surface area contributed by atoms with Gasteiger partial charge in [0, 0.05) is 27.8 Å². The third-order valence-electron chi connectivity index (χ3n) is 2.76. The molecule has 0 nitrogen and oxygen atoms in total. The highest BCUT2D eigenvalue weighted by Gasteiger charge is 2.51. The normalized spacial score (nSPS) is 52.9. The number of rotatable bonds is 0. The van der Waals surface area contributed by atoms with Crippen molar-refractivity contribution in [3.63, 3.8) is 0 Å². The molecule has 5 atom stereocenters. The van der Waals surface area contributed by atoms with Gasteiger partial charge in [0.05, 0.1) is 9.16 Å². The Bertz CT molecular complexity index is 268. The Morgan fingerprint density at radius 3 is 2.19 bits per heavy atom. The van der Waals surface area contributed by atoms with E-state index < -0.39 is 0 Å². The SMILES string of the molecule is CC1CSC23SCC(C)SC2SC(CS3)S1. The fourth-order valence-corrected chi connectivity index (χ4v) is 14.4. The van der Waals surface area contributed by atoms with Gasteiger partial charge in [-0.25, -0.2) is 0 Å². The Labute approximate surface area is 124 Å². The minimum absolute atomic E-state index is 0.480. The highest BCUT2D eigenvalue weighted by molar-refractivity contribution is 8.40. The van der Waals surface area contributed by atoms with Crippen molar-refractivity contribution in [2.75, 3.05) is 17.3 Å². The van der Waals surface area contributed by atoms with E-state index in [0.717, 1.165) is 19.7 Å². The Kier molecular flexibility index (Phi) is 4.29. The highest BCUT2D eigenvalue weighted by atomic mass is 32.3. The molecule has 4 aliphatic heterocycles. The number of fused-ring (bicyclic) bond motifs is 4. The van der Waals surface area contributed by atoms with E-state index in [0.29, 0.717) is 3.41 Å². The van der Waals surface area contributed by atoms with Crippen molar-refractivity contribution in [3.05, 3.63) is 0 Å². The van der Waals surface area contributed by atoms with Crippen LogP contribution in [-0.2, 0) is 0 Å². The molecule has 92 valence electrons. The highest BCUT2D eigenvalue weighted by Crippen LogP contribution is 2.66. The molecule has 1 spiro atoms. The summed E-state index contributed by atoms with van der Waals surface area (Å²) in [4.78, 5) is 0. The molecule has 4 rings (SSSR count). The van der Waals surface area contributed by atoms with Crippen LogP contribution in [0.15, 0.2) is 0 Å². The average Bonchev–Trinajstić information content (AvgIpc) is 2.24. The van der Waals surface area contributed by atoms with Gasteiger partial charge >= 0.3 is 0 Å². The first kappa shape index (κ1) is 13.1. The topological polar surface area (TPSA) is 0 Å². The zero-order valence-electron chi connectivity index (χ0n) is 9.38. The molecule has 16 heavy (non-hydrogen) atoms. The molecular formula is C10H16S6. The van der Waals surface area contributed by atoms with Crippen molar-refractivity contribution in [2.24, 2.45) is 0 Å². The van der Waals surface area contributed by atoms with Crippen LogP contribution in [0.2, 0.25) is 0 Å². The summed E-state index contributed by atoms with van der Waals surface area (Å²) in [7, 11) is 0. The second-order valence-corrected chi connectivity index (χ2v) is 14.0. The summed E-state index contributed by atoms with van der Waals surface area (Å²) in [5.74, 6) is 4.03. The van der Waals surface area contributed by atoms with Gasteiger partial charge in [-0.1, -0.05) is 13.8 Å². The second-order valence-electron chi connectivity index (χ2n) is 4.33. The number of thioether (sulfide) groups is 6. The molecule has 0 aliphatic carbocycles. The number of hydrogen-bond donors (Lipinski definition) is 0. The standard InChI is InChI=1S/C10H16S6/c1-6-3-11-10-9(15-7(2)4-12-10)16-8(14-6)5-13-10/h6-9H,3-5H2,1-2H3. The van der Waals surface area contributed by atoms with Crippen LogP contribution in [0.25, 0.3) is 0 Å². The van der Waals surface area contributed by atoms with Gasteiger partial charge in [-0.3, -0.25) is 0 Å². The van der Waals surface area contributed by atoms with E-state index in [9.17, 15) is 0 Å². The van der Waals surface area contributed by atoms with Gasteiger partial charge < -0.3 is 0 Å². The van der Waals surface area contributed by atoms with Crippen molar-refractivity contribution in [3.8, 4) is 0 Å². The molecular weight excluding hydrogens is 313 g/mol. The van der Waals surface area contributed by atoms with Gasteiger partial charge in [-0.2, -0.15) is 0 Å². The first-order chi connectivity index (χ1) is 7.68. The maximum Gasteiger partial charge on any atom is 0.128 e. The summed E-state index contributed by atoms with van der Waals surface area (Å²) in [5.41, 5.74) is 0. The summed E-state index contributed by atoms with van der Waals surface area (Å²) >= 11 is 13.4. The predicted molar refractivity (Wildman–Crippen MR) is 89.4 cm³/mol. The van der Waals surface area contributed by atoms with Gasteiger partial charge in [-0.15, -0.1) is 70.6 Å². The molecule has 6 heteroatoms. The lowest BCUT2D eigenvalue weighted by Crippen LogP contribution is -2.42. The smallest absolute Gasteiger partial charge is 0.128 e. The largest absolute Gasteiger partial charge is 0.143 e. The van der Waals surface area contributed by atoms with Crippen LogP contribution in [0.3, 0.4) is 0 Å². The van der Waals surface area contributed by atoms with Crippen molar-refractivity contribution in [1.29, 1.82) is 0 Å². The minimum atomic E-state index is 0.480. The van der Waals surface area contributed by atoms with E-state index >= 15 is 0 Å². The fraction of sp³-hybridized carbons (Fsp3) is 1.00. The quantitative estimate of drug-likeness (QED) is 0.637. The van der Waals surface area contributed by atoms with Crippen LogP contribution in [-0.4, -0.2) is 40.3 Å². The molecule has 0 aromatic carbocycles. The van der Waals surface area contributed by atoms with Crippen LogP contribution in [0, 0.1) is 0 Å². The fourth-order valence-electron chi connectivity index (χ4n) is 1.98. The summed E-state index contributed by atoms with van der Waals surface area (Å²) in [6.45, 7) is 4.79. The summed E-state index contributed by atoms with van der Waals surface area (Å²) in [6.07, 6.45) is 0. The minimum Gasteiger partial charge on any atom is -0.143 e. The van der Waals surface area contributed by atoms with E-state index in [-0.39, 0.29) is 0 Å². The van der Waals surface area contributed by atoms with E-state index in [1.165, 1.54) is 17.3 Å². The molecule has 4 aliphatic rings. The monoisotopic (exact) mass is 328 g/mol. The molecule has 4 heterocycles. The molecule has 5 unspecified atom stereocenters. The number of hydrogen-bond acceptors (Lipinski definition) is 6. The van der Waals surface area contributed by atoms with E-state index in [4.69, 9.17) is 0 Å². The summed E-state index contributed by atoms with van der Waals surface area (Å²) in [6, 6.07) is 0. The first-order valence-electron chi connectivity index (χ1n) is 5.56. The lowest BCUT2D eigenvalue weighted by molar-refractivity contribution is 1.05. The van der Waals surface area contributed by atoms with Crippen molar-refractivity contribution in [2.45, 2.75) is 36.9 Å². The van der Waals surface area contributed by atoms with Crippen LogP contribution < -0.4 is 0 Å².